The third kappa shape index (κ3) is 76.3. The average molecular weight is 1390 g/mol. The topological polar surface area (TPSA) is 570 Å². The number of nitrogens with zero attached hydrogens (tertiary/aromatic N) is 3. The van der Waals surface area contributed by atoms with Gasteiger partial charge >= 0.3 is 71.6 Å². The van der Waals surface area contributed by atoms with E-state index in [9.17, 15) is 57.5 Å². The Morgan fingerprint density at radius 3 is 1.03 bits per heavy atom. The van der Waals surface area contributed by atoms with E-state index in [0.29, 0.717) is 43.0 Å². The van der Waals surface area contributed by atoms with Crippen molar-refractivity contribution in [3.63, 3.8) is 0 Å². The van der Waals surface area contributed by atoms with Crippen molar-refractivity contribution in [2.75, 3.05) is 88.6 Å². The number of likely N-dealkylation sites (tertiary alicyclic amines) is 1. The molecule has 0 atom stereocenters. The van der Waals surface area contributed by atoms with Crippen LogP contribution in [-0.2, 0) is 57.5 Å². The molecule has 4 fully saturated rings. The number of quaternary nitrogens is 1. The van der Waals surface area contributed by atoms with Crippen molar-refractivity contribution in [1.82, 2.24) is 15.1 Å². The monoisotopic (exact) mass is 1390 g/mol. The number of likely N-dealkylation sites (N-methyl/N-ethyl adjacent to an activating group) is 3. The molecule has 94 heavy (non-hydrogen) atoms. The molecule has 0 radical (unpaired) electrons. The van der Waals surface area contributed by atoms with Crippen LogP contribution in [0.4, 0.5) is 0 Å². The first-order valence-electron chi connectivity index (χ1n) is 29.7. The fourth-order valence-corrected chi connectivity index (χ4v) is 5.97. The number of nitrogens with two attached hydrogens (primary N) is 4. The highest BCUT2D eigenvalue weighted by Crippen LogP contribution is 2.44. The smallest absolute Gasteiger partial charge is 0.359 e. The van der Waals surface area contributed by atoms with Gasteiger partial charge in [0.2, 0.25) is 0 Å². The number of rotatable bonds is 19. The molecule has 1 saturated heterocycles. The minimum Gasteiger partial charge on any atom is -1.00 e. The molecule has 0 aromatic heterocycles. The summed E-state index contributed by atoms with van der Waals surface area (Å²) in [6.07, 6.45) is 14.5. The van der Waals surface area contributed by atoms with E-state index in [1.54, 1.807) is 60.7 Å². The molecule has 1 aliphatic heterocycles. The van der Waals surface area contributed by atoms with Crippen LogP contribution in [0, 0.1) is 22.7 Å². The van der Waals surface area contributed by atoms with E-state index in [-0.39, 0.29) is 70.7 Å². The minimum atomic E-state index is -1.08. The van der Waals surface area contributed by atoms with Crippen molar-refractivity contribution in [2.45, 2.75) is 209 Å². The summed E-state index contributed by atoms with van der Waals surface area (Å²) in [6, 6.07) is 0. The number of carboxylic acid groups (broad SMARTS) is 12. The maximum atomic E-state index is 10.4. The van der Waals surface area contributed by atoms with E-state index in [1.807, 2.05) is 42.0 Å². The number of carboxylic acids is 12. The molecule has 562 valence electrons. The van der Waals surface area contributed by atoms with Crippen LogP contribution >= 0.6 is 0 Å². The molecule has 4 aliphatic rings. The maximum absolute atomic E-state index is 10.4. The predicted molar refractivity (Wildman–Crippen MR) is 354 cm³/mol. The van der Waals surface area contributed by atoms with Gasteiger partial charge in [-0.3, -0.25) is 57.6 Å². The second-order valence-corrected chi connectivity index (χ2v) is 24.5. The molecular weight excluding hydrogens is 1260 g/mol. The van der Waals surface area contributed by atoms with Gasteiger partial charge in [0.05, 0.1) is 63.4 Å². The first-order valence-corrected chi connectivity index (χ1v) is 29.7. The average Bonchev–Trinajstić information content (AvgIpc) is 1.75. The Labute approximate surface area is 564 Å². The number of carbonyl (C=O) groups is 12. The van der Waals surface area contributed by atoms with Crippen LogP contribution in [0.25, 0.3) is 0 Å². The number of hydrogen-bond donors (Lipinski definition) is 17. The van der Waals surface area contributed by atoms with Crippen molar-refractivity contribution in [3.05, 3.63) is 0 Å². The summed E-state index contributed by atoms with van der Waals surface area (Å²) < 4.78 is 0.481. The lowest BCUT2D eigenvalue weighted by molar-refractivity contribution is -0.862. The van der Waals surface area contributed by atoms with Crippen LogP contribution < -0.4 is 40.7 Å². The SMILES string of the molecule is C.C.CC(C)(N)C(=O)O.CC1(C(=O)O)CC1.CCC(C)(C)C(=O)O.CCC(N)(CC)C(=O)O.CCCC(=O)O.CN(C)CC(=O)O.CN1CCC(C(=O)O)CC1.CNCC(=O)O.C[N+](C)(C)CC(=O)O.NC1(C(=O)O)CCCC1.NCC(=O)O.O=C(O)C1CCCCC1.[Cl-]. The van der Waals surface area contributed by atoms with Crippen molar-refractivity contribution in [1.29, 1.82) is 0 Å². The molecule has 0 unspecified atom stereocenters. The van der Waals surface area contributed by atoms with Crippen molar-refractivity contribution < 1.29 is 136 Å². The molecule has 32 nitrogen and oxygen atoms in total. The quantitative estimate of drug-likeness (QED) is 0.0823. The summed E-state index contributed by atoms with van der Waals surface area (Å²) in [5.74, 6) is -9.49. The fourth-order valence-electron chi connectivity index (χ4n) is 5.97. The van der Waals surface area contributed by atoms with Gasteiger partial charge in [-0.05, 0) is 153 Å². The predicted octanol–water partition coefficient (Wildman–Crippen LogP) is 2.06. The van der Waals surface area contributed by atoms with Crippen LogP contribution in [-0.4, -0.2) is 252 Å². The normalized spacial score (nSPS) is 14.6. The van der Waals surface area contributed by atoms with Crippen LogP contribution in [0.2, 0.25) is 0 Å². The molecule has 3 saturated carbocycles. The zero-order valence-electron chi connectivity index (χ0n) is 57.4. The maximum Gasteiger partial charge on any atom is 0.359 e. The van der Waals surface area contributed by atoms with Crippen LogP contribution in [0.1, 0.15) is 193 Å². The molecule has 0 aromatic rings. The third-order valence-electron chi connectivity index (χ3n) is 13.2. The third-order valence-corrected chi connectivity index (χ3v) is 13.2. The Morgan fingerprint density at radius 2 is 0.936 bits per heavy atom. The highest BCUT2D eigenvalue weighted by molar-refractivity contribution is 5.79. The molecule has 0 aromatic carbocycles. The molecule has 0 bridgehead atoms. The molecule has 33 heteroatoms. The van der Waals surface area contributed by atoms with Gasteiger partial charge in [-0.2, -0.15) is 0 Å². The summed E-state index contributed by atoms with van der Waals surface area (Å²) >= 11 is 0. The molecular formula is C61H127ClN8O24. The standard InChI is InChI=1S/C7H13NO2.C7H12O2.C6H11NO2.C6H13NO2.C6H12O2.C5H11NO2.C5H8O2.2C4H9NO2.C4H8O2.C3H7NO2.C2H5NO2.2CH4.ClH/c1-8-4-2-6(3-5-8)7(9)10;8-7(9)6-4-2-1-3-5-6;7-6(5(8)9)3-1-2-4-6;1-3-6(7,4-2)5(8)9;1-4-6(2,3)5(7)8;1-6(2,3)4-5(7)8;1-5(2-3-5)4(6)7;1-5(2)3-4(6)7;1-4(2,5)3(6)7;1-2-3-4(5)6;1-4-2-3(5)6;3-1-2(4)5;;;/h6H,2-5H2,1H3,(H,9,10);6H,1-5H2,(H,8,9);1-4,7H2,(H,8,9);3-4,7H2,1-2H3,(H,8,9);4H2,1-3H3,(H,7,8);4H2,1-3H3;2-3H2,1H3,(H,6,7);3H2,1-2H3,(H,6,7);5H2,1-2H3,(H,6,7);2-3H2,1H3,(H,5,6);4H,2H2,1H3,(H,5,6);1,3H2,(H,4,5);2*1H4;1H. The Balaban J connectivity index is -0.0000000890. The van der Waals surface area contributed by atoms with E-state index in [1.165, 1.54) is 20.3 Å². The second kappa shape index (κ2) is 60.3. The molecule has 0 amide bonds. The van der Waals surface area contributed by atoms with Crippen molar-refractivity contribution >= 4 is 71.6 Å². The summed E-state index contributed by atoms with van der Waals surface area (Å²) in [5, 5.41) is 101. The van der Waals surface area contributed by atoms with Gasteiger partial charge in [-0.1, -0.05) is 74.7 Å². The molecule has 0 spiro atoms. The lowest BCUT2D eigenvalue weighted by Gasteiger charge is -2.25. The van der Waals surface area contributed by atoms with Crippen LogP contribution in [0.5, 0.6) is 0 Å². The van der Waals surface area contributed by atoms with Gasteiger partial charge in [-0.25, -0.2) is 4.79 Å². The summed E-state index contributed by atoms with van der Waals surface area (Å²) in [7, 11) is 12.6. The van der Waals surface area contributed by atoms with Crippen LogP contribution in [0.15, 0.2) is 0 Å². The van der Waals surface area contributed by atoms with Gasteiger partial charge in [0.25, 0.3) is 0 Å². The Kier molecular flexibility index (Phi) is 71.8. The summed E-state index contributed by atoms with van der Waals surface area (Å²) in [6.45, 7) is 17.3. The van der Waals surface area contributed by atoms with Crippen LogP contribution in [0.3, 0.4) is 0 Å². The number of hydrogen-bond acceptors (Lipinski definition) is 19. The molecule has 1 heterocycles. The minimum absolute atomic E-state index is 0. The lowest BCUT2D eigenvalue weighted by Crippen LogP contribution is -3.00. The summed E-state index contributed by atoms with van der Waals surface area (Å²) in [5.41, 5.74) is 16.7. The molecule has 21 N–H and O–H groups in total. The van der Waals surface area contributed by atoms with E-state index in [0.717, 1.165) is 83.7 Å². The first kappa shape index (κ1) is 112. The van der Waals surface area contributed by atoms with E-state index < -0.39 is 93.7 Å². The second-order valence-electron chi connectivity index (χ2n) is 24.5. The molecule has 3 aliphatic carbocycles. The highest BCUT2D eigenvalue weighted by atomic mass is 35.5. The number of nitrogens with one attached hydrogen (secondary N) is 1. The Morgan fingerprint density at radius 1 is 0.564 bits per heavy atom. The fraction of sp³-hybridized carbons (Fsp3) is 0.803. The van der Waals surface area contributed by atoms with Gasteiger partial charge in [0.15, 0.2) is 6.54 Å². The number of halogens is 1. The largest absolute Gasteiger partial charge is 1.00 e. The van der Waals surface area contributed by atoms with Gasteiger partial charge < -0.3 is 111 Å². The number of aliphatic carboxylic acids is 12. The van der Waals surface area contributed by atoms with Gasteiger partial charge in [0, 0.05) is 6.42 Å². The number of piperidine rings is 1. The highest BCUT2D eigenvalue weighted by Gasteiger charge is 2.45. The first-order chi connectivity index (χ1) is 41.2. The molecule has 4 rings (SSSR count). The summed E-state index contributed by atoms with van der Waals surface area (Å²) in [4.78, 5) is 124. The zero-order chi connectivity index (χ0) is 73.9. The van der Waals surface area contributed by atoms with Gasteiger partial charge in [0.1, 0.15) is 16.6 Å². The lowest BCUT2D eigenvalue weighted by atomic mass is 9.90. The van der Waals surface area contributed by atoms with E-state index in [4.69, 9.17) is 78.5 Å². The zero-order valence-corrected chi connectivity index (χ0v) is 58.2. The van der Waals surface area contributed by atoms with Gasteiger partial charge in [-0.15, -0.1) is 0 Å². The Bertz CT molecular complexity index is 2050. The Hall–Kier alpha value is -6.39. The van der Waals surface area contributed by atoms with E-state index >= 15 is 0 Å². The van der Waals surface area contributed by atoms with Crippen molar-refractivity contribution in [2.24, 2.45) is 45.6 Å². The van der Waals surface area contributed by atoms with E-state index in [2.05, 4.69) is 16.0 Å². The van der Waals surface area contributed by atoms with Crippen molar-refractivity contribution in [3.8, 4) is 0 Å².